The second-order valence-corrected chi connectivity index (χ2v) is 12.3. The molecule has 0 unspecified atom stereocenters. The van der Waals surface area contributed by atoms with Gasteiger partial charge in [-0.05, 0) is 47.4 Å². The number of ether oxygens (including phenoxy) is 2. The number of hydrogen-bond acceptors (Lipinski definition) is 6. The van der Waals surface area contributed by atoms with Gasteiger partial charge in [-0.2, -0.15) is 0 Å². The fraction of sp³-hybridized carbons (Fsp3) is 0.333. The van der Waals surface area contributed by atoms with E-state index >= 15 is 0 Å². The van der Waals surface area contributed by atoms with Gasteiger partial charge in [0, 0.05) is 37.0 Å². The summed E-state index contributed by atoms with van der Waals surface area (Å²) >= 11 is 0. The summed E-state index contributed by atoms with van der Waals surface area (Å²) in [5.74, 6) is -1.22. The average molecular weight is 637 g/mol. The van der Waals surface area contributed by atoms with Crippen molar-refractivity contribution < 1.29 is 29.3 Å². The number of aliphatic hydroxyl groups is 1. The number of benzene rings is 4. The summed E-state index contributed by atoms with van der Waals surface area (Å²) in [5, 5.41) is 21.3. The number of likely N-dealkylation sites (N-methyl/N-ethyl adjacent to an activating group) is 1. The molecule has 0 saturated carbocycles. The molecule has 1 fully saturated rings. The van der Waals surface area contributed by atoms with Gasteiger partial charge in [0.05, 0.1) is 25.2 Å². The second-order valence-electron chi connectivity index (χ2n) is 12.3. The Bertz CT molecular complexity index is 1610. The minimum absolute atomic E-state index is 0.00947. The second kappa shape index (κ2) is 16.0. The number of nitrogens with zero attached hydrogens (tertiary/aromatic N) is 1. The number of carbonyl (C=O) groups excluding carboxylic acids is 1. The average Bonchev–Trinajstić information content (AvgIpc) is 3.11. The van der Waals surface area contributed by atoms with Crippen LogP contribution in [0.25, 0.3) is 11.1 Å². The summed E-state index contributed by atoms with van der Waals surface area (Å²) < 4.78 is 13.4. The molecule has 0 radical (unpaired) electrons. The molecular formula is C39H44N2O6. The monoisotopic (exact) mass is 636 g/mol. The van der Waals surface area contributed by atoms with Crippen LogP contribution in [0, 0.1) is 5.92 Å². The van der Waals surface area contributed by atoms with Gasteiger partial charge in [0.15, 0.2) is 6.29 Å². The normalized spacial score (nSPS) is 20.1. The van der Waals surface area contributed by atoms with Crippen LogP contribution in [0.1, 0.15) is 72.9 Å². The quantitative estimate of drug-likeness (QED) is 0.148. The highest BCUT2D eigenvalue weighted by molar-refractivity contribution is 5.80. The van der Waals surface area contributed by atoms with Gasteiger partial charge in [0.1, 0.15) is 0 Å². The first-order valence-electron chi connectivity index (χ1n) is 16.2. The molecule has 0 bridgehead atoms. The molecule has 4 aromatic rings. The van der Waals surface area contributed by atoms with Crippen LogP contribution in [0.2, 0.25) is 0 Å². The number of aliphatic carboxylic acids is 1. The van der Waals surface area contributed by atoms with Gasteiger partial charge in [0.2, 0.25) is 5.91 Å². The smallest absolute Gasteiger partial charge is 0.303 e. The van der Waals surface area contributed by atoms with Crippen LogP contribution in [-0.4, -0.2) is 46.7 Å². The van der Waals surface area contributed by atoms with Crippen molar-refractivity contribution >= 4 is 11.9 Å². The van der Waals surface area contributed by atoms with Crippen LogP contribution in [0.15, 0.2) is 103 Å². The molecule has 8 heteroatoms. The molecule has 0 spiro atoms. The first-order valence-corrected chi connectivity index (χ1v) is 16.2. The third-order valence-corrected chi connectivity index (χ3v) is 9.09. The third-order valence-electron chi connectivity index (χ3n) is 9.09. The number of amides is 1. The van der Waals surface area contributed by atoms with Crippen molar-refractivity contribution in [2.45, 2.75) is 64.4 Å². The van der Waals surface area contributed by atoms with E-state index in [0.29, 0.717) is 13.1 Å². The summed E-state index contributed by atoms with van der Waals surface area (Å²) in [6.07, 6.45) is -1.16. The van der Waals surface area contributed by atoms with Crippen LogP contribution in [0.5, 0.6) is 0 Å². The zero-order chi connectivity index (χ0) is 33.3. The van der Waals surface area contributed by atoms with Crippen LogP contribution in [-0.2, 0) is 32.2 Å². The summed E-state index contributed by atoms with van der Waals surface area (Å²) in [5.41, 5.74) is 6.95. The van der Waals surface area contributed by atoms with E-state index in [1.807, 2.05) is 78.9 Å². The first-order chi connectivity index (χ1) is 22.7. The van der Waals surface area contributed by atoms with Crippen molar-refractivity contribution in [3.8, 4) is 11.1 Å². The standard InChI is InChI=1S/C39H44N2O6/c1-26-35(24-41(3)27(2)29-9-5-4-6-10-29)46-39(47-38(26)31-15-13-28(25-42)14-16-31)32-19-17-30(18-20-32)34-12-8-7-11-33(34)23-40-36(43)21-22-37(44)45/h4-20,26-27,35,38-39,42H,21-25H2,1-3H3,(H,40,43)(H,44,45)/t26-,27+,35+,38+,39+/m1/s1. The summed E-state index contributed by atoms with van der Waals surface area (Å²) in [6.45, 7) is 5.39. The number of rotatable bonds is 13. The van der Waals surface area contributed by atoms with E-state index in [1.165, 1.54) is 5.56 Å². The molecule has 1 heterocycles. The third kappa shape index (κ3) is 8.73. The highest BCUT2D eigenvalue weighted by atomic mass is 16.7. The van der Waals surface area contributed by atoms with E-state index < -0.39 is 12.3 Å². The summed E-state index contributed by atoms with van der Waals surface area (Å²) in [4.78, 5) is 25.3. The molecule has 3 N–H and O–H groups in total. The fourth-order valence-electron chi connectivity index (χ4n) is 6.03. The maximum absolute atomic E-state index is 12.2. The van der Waals surface area contributed by atoms with Crippen molar-refractivity contribution in [2.75, 3.05) is 13.6 Å². The Hall–Kier alpha value is -4.34. The molecule has 4 aromatic carbocycles. The largest absolute Gasteiger partial charge is 0.481 e. The lowest BCUT2D eigenvalue weighted by Crippen LogP contribution is -2.44. The summed E-state index contributed by atoms with van der Waals surface area (Å²) in [7, 11) is 2.13. The van der Waals surface area contributed by atoms with Gasteiger partial charge in [-0.15, -0.1) is 0 Å². The number of nitrogens with one attached hydrogen (secondary N) is 1. The Morgan fingerprint density at radius 2 is 1.51 bits per heavy atom. The molecule has 0 aliphatic carbocycles. The first kappa shape index (κ1) is 34.0. The molecule has 5 rings (SSSR count). The van der Waals surface area contributed by atoms with Gasteiger partial charge < -0.3 is 25.0 Å². The minimum Gasteiger partial charge on any atom is -0.481 e. The van der Waals surface area contributed by atoms with E-state index in [0.717, 1.165) is 33.4 Å². The Morgan fingerprint density at radius 1 is 0.851 bits per heavy atom. The van der Waals surface area contributed by atoms with Gasteiger partial charge in [-0.1, -0.05) is 110 Å². The summed E-state index contributed by atoms with van der Waals surface area (Å²) in [6, 6.07) is 34.6. The van der Waals surface area contributed by atoms with Crippen LogP contribution >= 0.6 is 0 Å². The lowest BCUT2D eigenvalue weighted by molar-refractivity contribution is -0.276. The van der Waals surface area contributed by atoms with E-state index in [-0.39, 0.29) is 49.5 Å². The van der Waals surface area contributed by atoms with Gasteiger partial charge in [-0.25, -0.2) is 0 Å². The van der Waals surface area contributed by atoms with Crippen LogP contribution in [0.4, 0.5) is 0 Å². The van der Waals surface area contributed by atoms with E-state index in [1.54, 1.807) is 0 Å². The fourth-order valence-corrected chi connectivity index (χ4v) is 6.03. The zero-order valence-electron chi connectivity index (χ0n) is 27.2. The molecule has 5 atom stereocenters. The lowest BCUT2D eigenvalue weighted by Gasteiger charge is -2.43. The number of carboxylic acid groups (broad SMARTS) is 1. The highest BCUT2D eigenvalue weighted by Crippen LogP contribution is 2.42. The Morgan fingerprint density at radius 3 is 2.19 bits per heavy atom. The van der Waals surface area contributed by atoms with Gasteiger partial charge >= 0.3 is 5.97 Å². The van der Waals surface area contributed by atoms with Gasteiger partial charge in [-0.3, -0.25) is 14.5 Å². The zero-order valence-corrected chi connectivity index (χ0v) is 27.2. The Kier molecular flexibility index (Phi) is 11.6. The van der Waals surface area contributed by atoms with Crippen molar-refractivity contribution in [3.63, 3.8) is 0 Å². The highest BCUT2D eigenvalue weighted by Gasteiger charge is 2.39. The lowest BCUT2D eigenvalue weighted by atomic mass is 9.89. The molecule has 8 nitrogen and oxygen atoms in total. The number of carboxylic acids is 1. The van der Waals surface area contributed by atoms with Crippen molar-refractivity contribution in [1.82, 2.24) is 10.2 Å². The maximum atomic E-state index is 12.2. The molecular weight excluding hydrogens is 592 g/mol. The molecule has 246 valence electrons. The Labute approximate surface area is 277 Å². The number of aliphatic hydroxyl groups excluding tert-OH is 1. The minimum atomic E-state index is -0.993. The van der Waals surface area contributed by atoms with Crippen molar-refractivity contribution in [2.24, 2.45) is 5.92 Å². The van der Waals surface area contributed by atoms with Crippen LogP contribution < -0.4 is 5.32 Å². The number of carbonyl (C=O) groups is 2. The predicted molar refractivity (Wildman–Crippen MR) is 181 cm³/mol. The molecule has 1 aliphatic rings. The van der Waals surface area contributed by atoms with Gasteiger partial charge in [0.25, 0.3) is 0 Å². The SMILES string of the molecule is C[C@@H]1[C@H](CN(C)[C@@H](C)c2ccccc2)O[C@H](c2ccc(-c3ccccc3CNC(=O)CCC(=O)O)cc2)O[C@@H]1c1ccc(CO)cc1. The van der Waals surface area contributed by atoms with E-state index in [4.69, 9.17) is 14.6 Å². The maximum Gasteiger partial charge on any atom is 0.303 e. The van der Waals surface area contributed by atoms with Crippen LogP contribution in [0.3, 0.4) is 0 Å². The van der Waals surface area contributed by atoms with E-state index in [9.17, 15) is 14.7 Å². The van der Waals surface area contributed by atoms with Crippen molar-refractivity contribution in [3.05, 3.63) is 131 Å². The predicted octanol–water partition coefficient (Wildman–Crippen LogP) is 6.81. The molecule has 1 saturated heterocycles. The van der Waals surface area contributed by atoms with E-state index in [2.05, 4.69) is 55.4 Å². The number of hydrogen-bond donors (Lipinski definition) is 3. The molecule has 1 aliphatic heterocycles. The topological polar surface area (TPSA) is 108 Å². The molecule has 47 heavy (non-hydrogen) atoms. The molecule has 0 aromatic heterocycles. The Balaban J connectivity index is 1.36. The molecule has 1 amide bonds. The van der Waals surface area contributed by atoms with Crippen molar-refractivity contribution in [1.29, 1.82) is 0 Å².